The number of carboxylic acids is 1. The predicted octanol–water partition coefficient (Wildman–Crippen LogP) is 3.52. The van der Waals surface area contributed by atoms with Gasteiger partial charge in [0, 0.05) is 13.1 Å². The van der Waals surface area contributed by atoms with Crippen LogP contribution in [0.3, 0.4) is 0 Å². The summed E-state index contributed by atoms with van der Waals surface area (Å²) in [5.41, 5.74) is 0.942. The molecule has 0 radical (unpaired) electrons. The van der Waals surface area contributed by atoms with Crippen molar-refractivity contribution < 1.29 is 19.4 Å². The summed E-state index contributed by atoms with van der Waals surface area (Å²) in [5, 5.41) is 11.4. The quantitative estimate of drug-likeness (QED) is 0.911. The molecule has 138 valence electrons. The van der Waals surface area contributed by atoms with Crippen molar-refractivity contribution in [2.75, 3.05) is 20.2 Å². The van der Waals surface area contributed by atoms with Gasteiger partial charge >= 0.3 is 5.97 Å². The molecule has 2 aromatic carbocycles. The van der Waals surface area contributed by atoms with E-state index in [1.807, 2.05) is 50.2 Å². The lowest BCUT2D eigenvalue weighted by Crippen LogP contribution is -2.46. The van der Waals surface area contributed by atoms with Crippen molar-refractivity contribution in [3.63, 3.8) is 0 Å². The summed E-state index contributed by atoms with van der Waals surface area (Å²) in [6.07, 6.45) is 0.630. The van der Waals surface area contributed by atoms with Gasteiger partial charge in [-0.15, -0.1) is 0 Å². The minimum absolute atomic E-state index is 0.00402. The molecule has 1 aliphatic rings. The molecule has 3 atom stereocenters. The van der Waals surface area contributed by atoms with Crippen molar-refractivity contribution >= 4 is 22.6 Å². The van der Waals surface area contributed by atoms with Crippen LogP contribution < -0.4 is 4.74 Å². The molecule has 0 bridgehead atoms. The number of rotatable bonds is 4. The molecule has 3 unspecified atom stereocenters. The molecule has 3 rings (SSSR count). The molecule has 0 aromatic heterocycles. The molecule has 1 N–H and O–H groups in total. The fourth-order valence-corrected chi connectivity index (χ4v) is 3.77. The summed E-state index contributed by atoms with van der Waals surface area (Å²) < 4.78 is 5.25. The zero-order valence-corrected chi connectivity index (χ0v) is 15.4. The number of benzene rings is 2. The summed E-state index contributed by atoms with van der Waals surface area (Å²) in [6.45, 7) is 4.82. The number of hydrogen-bond acceptors (Lipinski definition) is 3. The number of carbonyl (C=O) groups is 2. The number of ether oxygens (including phenoxy) is 1. The lowest BCUT2D eigenvalue weighted by atomic mass is 9.89. The summed E-state index contributed by atoms with van der Waals surface area (Å²) in [7, 11) is 1.64. The van der Waals surface area contributed by atoms with Gasteiger partial charge < -0.3 is 14.7 Å². The van der Waals surface area contributed by atoms with Gasteiger partial charge in [0.05, 0.1) is 18.9 Å². The molecule has 1 fully saturated rings. The van der Waals surface area contributed by atoms with E-state index in [9.17, 15) is 14.7 Å². The van der Waals surface area contributed by atoms with Crippen molar-refractivity contribution in [3.8, 4) is 5.75 Å². The number of likely N-dealkylation sites (tertiary alicyclic amines) is 1. The van der Waals surface area contributed by atoms with E-state index >= 15 is 0 Å². The van der Waals surface area contributed by atoms with Crippen molar-refractivity contribution in [2.45, 2.75) is 26.2 Å². The first kappa shape index (κ1) is 18.2. The van der Waals surface area contributed by atoms with Crippen LogP contribution in [0.5, 0.6) is 5.75 Å². The monoisotopic (exact) mass is 355 g/mol. The topological polar surface area (TPSA) is 66.8 Å². The molecule has 5 nitrogen and oxygen atoms in total. The fraction of sp³-hybridized carbons (Fsp3) is 0.429. The van der Waals surface area contributed by atoms with E-state index in [-0.39, 0.29) is 17.7 Å². The number of amides is 1. The number of methoxy groups -OCH3 is 1. The molecule has 1 amide bonds. The van der Waals surface area contributed by atoms with Gasteiger partial charge in [-0.25, -0.2) is 0 Å². The Bertz CT molecular complexity index is 832. The van der Waals surface area contributed by atoms with Gasteiger partial charge in [0.15, 0.2) is 0 Å². The minimum Gasteiger partial charge on any atom is -0.497 e. The van der Waals surface area contributed by atoms with Crippen LogP contribution >= 0.6 is 0 Å². The third-order valence-electron chi connectivity index (χ3n) is 5.26. The molecule has 0 spiro atoms. The highest BCUT2D eigenvalue weighted by Crippen LogP contribution is 2.28. The molecule has 0 aliphatic carbocycles. The Balaban J connectivity index is 1.81. The predicted molar refractivity (Wildman–Crippen MR) is 100 cm³/mol. The Morgan fingerprint density at radius 2 is 1.85 bits per heavy atom. The van der Waals surface area contributed by atoms with E-state index < -0.39 is 11.9 Å². The second kappa shape index (κ2) is 7.36. The Labute approximate surface area is 153 Å². The van der Waals surface area contributed by atoms with Crippen LogP contribution in [0.15, 0.2) is 36.4 Å². The number of aliphatic carboxylic acids is 1. The maximum atomic E-state index is 13.0. The zero-order chi connectivity index (χ0) is 18.8. The van der Waals surface area contributed by atoms with Crippen LogP contribution in [0.25, 0.3) is 10.8 Å². The molecule has 1 aliphatic heterocycles. The molecular formula is C21H25NO4. The smallest absolute Gasteiger partial charge is 0.308 e. The van der Waals surface area contributed by atoms with Gasteiger partial charge in [-0.05, 0) is 47.7 Å². The Hall–Kier alpha value is -2.56. The van der Waals surface area contributed by atoms with Gasteiger partial charge in [-0.3, -0.25) is 9.59 Å². The van der Waals surface area contributed by atoms with Crippen LogP contribution in [0.4, 0.5) is 0 Å². The number of carbonyl (C=O) groups excluding carboxylic acids is 1. The Morgan fingerprint density at radius 1 is 1.15 bits per heavy atom. The normalized spacial score (nSPS) is 21.4. The first-order valence-electron chi connectivity index (χ1n) is 8.98. The van der Waals surface area contributed by atoms with E-state index in [1.54, 1.807) is 12.0 Å². The van der Waals surface area contributed by atoms with E-state index in [2.05, 4.69) is 0 Å². The van der Waals surface area contributed by atoms with Crippen LogP contribution in [0, 0.1) is 11.8 Å². The maximum absolute atomic E-state index is 13.0. The van der Waals surface area contributed by atoms with Crippen molar-refractivity contribution in [3.05, 3.63) is 42.0 Å². The highest BCUT2D eigenvalue weighted by molar-refractivity contribution is 5.88. The third kappa shape index (κ3) is 3.66. The summed E-state index contributed by atoms with van der Waals surface area (Å²) >= 11 is 0. The fourth-order valence-electron chi connectivity index (χ4n) is 3.77. The first-order valence-corrected chi connectivity index (χ1v) is 8.98. The van der Waals surface area contributed by atoms with E-state index in [4.69, 9.17) is 4.74 Å². The Kier molecular flexibility index (Phi) is 5.16. The molecule has 26 heavy (non-hydrogen) atoms. The highest BCUT2D eigenvalue weighted by atomic mass is 16.5. The van der Waals surface area contributed by atoms with E-state index in [0.717, 1.165) is 22.1 Å². The summed E-state index contributed by atoms with van der Waals surface area (Å²) in [6, 6.07) is 11.8. The molecule has 1 heterocycles. The molecular weight excluding hydrogens is 330 g/mol. The van der Waals surface area contributed by atoms with Crippen molar-refractivity contribution in [1.82, 2.24) is 4.90 Å². The molecule has 2 aromatic rings. The molecule has 5 heteroatoms. The number of fused-ring (bicyclic) bond motifs is 1. The van der Waals surface area contributed by atoms with Crippen LogP contribution in [0.2, 0.25) is 0 Å². The summed E-state index contributed by atoms with van der Waals surface area (Å²) in [4.78, 5) is 26.0. The van der Waals surface area contributed by atoms with Gasteiger partial charge in [-0.1, -0.05) is 31.2 Å². The van der Waals surface area contributed by atoms with Crippen LogP contribution in [-0.2, 0) is 9.59 Å². The SMILES string of the molecule is COc1ccc2cc(C(C)C(=O)N3CC(C)CC(C(=O)O)C3)ccc2c1. The Morgan fingerprint density at radius 3 is 2.54 bits per heavy atom. The van der Waals surface area contributed by atoms with Crippen molar-refractivity contribution in [1.29, 1.82) is 0 Å². The number of carboxylic acid groups (broad SMARTS) is 1. The largest absolute Gasteiger partial charge is 0.497 e. The lowest BCUT2D eigenvalue weighted by molar-refractivity contribution is -0.147. The molecule has 0 saturated carbocycles. The summed E-state index contributed by atoms with van der Waals surface area (Å²) in [5.74, 6) is -0.598. The number of nitrogens with zero attached hydrogens (tertiary/aromatic N) is 1. The van der Waals surface area contributed by atoms with Gasteiger partial charge in [0.2, 0.25) is 5.91 Å². The van der Waals surface area contributed by atoms with E-state index in [1.165, 1.54) is 0 Å². The van der Waals surface area contributed by atoms with Crippen molar-refractivity contribution in [2.24, 2.45) is 11.8 Å². The van der Waals surface area contributed by atoms with Crippen LogP contribution in [0.1, 0.15) is 31.7 Å². The number of hydrogen-bond donors (Lipinski definition) is 1. The lowest BCUT2D eigenvalue weighted by Gasteiger charge is -2.36. The van der Waals surface area contributed by atoms with Gasteiger partial charge in [-0.2, -0.15) is 0 Å². The third-order valence-corrected chi connectivity index (χ3v) is 5.26. The van der Waals surface area contributed by atoms with Crippen LogP contribution in [-0.4, -0.2) is 42.1 Å². The second-order valence-corrected chi connectivity index (χ2v) is 7.31. The average Bonchev–Trinajstić information content (AvgIpc) is 2.65. The van der Waals surface area contributed by atoms with Gasteiger partial charge in [0.1, 0.15) is 5.75 Å². The zero-order valence-electron chi connectivity index (χ0n) is 15.4. The maximum Gasteiger partial charge on any atom is 0.308 e. The average molecular weight is 355 g/mol. The number of piperidine rings is 1. The highest BCUT2D eigenvalue weighted by Gasteiger charge is 2.33. The standard InChI is InChI=1S/C21H25NO4/c1-13-8-18(21(24)25)12-22(11-13)20(23)14(2)15-4-5-17-10-19(26-3)7-6-16(17)9-15/h4-7,9-10,13-14,18H,8,11-12H2,1-3H3,(H,24,25). The van der Waals surface area contributed by atoms with E-state index in [0.29, 0.717) is 19.5 Å². The first-order chi connectivity index (χ1) is 12.4. The second-order valence-electron chi connectivity index (χ2n) is 7.31. The molecule has 1 saturated heterocycles. The van der Waals surface area contributed by atoms with Gasteiger partial charge in [0.25, 0.3) is 0 Å². The minimum atomic E-state index is -0.818.